The molecule has 0 spiro atoms. The molecule has 0 saturated carbocycles. The minimum absolute atomic E-state index is 0.0250. The van der Waals surface area contributed by atoms with Crippen LogP contribution in [0.5, 0.6) is 0 Å². The Morgan fingerprint density at radius 3 is 2.76 bits per heavy atom. The normalized spacial score (nSPS) is 20.2. The average molecular weight is 311 g/mol. The van der Waals surface area contributed by atoms with Gasteiger partial charge in [-0.2, -0.15) is 0 Å². The molecule has 116 valence electrons. The summed E-state index contributed by atoms with van der Waals surface area (Å²) in [6.07, 6.45) is 3.52. The third-order valence-electron chi connectivity index (χ3n) is 3.63. The molecule has 1 N–H and O–H groups in total. The third kappa shape index (κ3) is 4.17. The van der Waals surface area contributed by atoms with Gasteiger partial charge in [0.25, 0.3) is 0 Å². The zero-order valence-electron chi connectivity index (χ0n) is 12.4. The van der Waals surface area contributed by atoms with Crippen LogP contribution in [0, 0.1) is 0 Å². The molecule has 1 atom stereocenters. The Hall–Kier alpha value is -1.63. The highest BCUT2D eigenvalue weighted by Crippen LogP contribution is 2.22. The molecule has 0 bridgehead atoms. The minimum Gasteiger partial charge on any atom is -0.356 e. The lowest BCUT2D eigenvalue weighted by Crippen LogP contribution is -2.33. The first-order valence-corrected chi connectivity index (χ1v) is 8.92. The molecule has 1 aromatic rings. The maximum atomic E-state index is 11.5. The average Bonchev–Trinajstić information content (AvgIpc) is 2.79. The molecule has 2 heterocycles. The number of carbonyl (C=O) groups excluding carboxylic acids is 1. The summed E-state index contributed by atoms with van der Waals surface area (Å²) in [5.41, 5.74) is 0.657. The van der Waals surface area contributed by atoms with E-state index in [1.54, 1.807) is 18.3 Å². The fourth-order valence-electron chi connectivity index (χ4n) is 2.39. The van der Waals surface area contributed by atoms with Crippen LogP contribution in [0.3, 0.4) is 0 Å². The number of amides is 1. The van der Waals surface area contributed by atoms with Gasteiger partial charge in [0, 0.05) is 19.5 Å². The maximum Gasteiger partial charge on any atom is 0.224 e. The van der Waals surface area contributed by atoms with E-state index >= 15 is 0 Å². The van der Waals surface area contributed by atoms with Crippen LogP contribution in [0.1, 0.15) is 26.2 Å². The van der Waals surface area contributed by atoms with E-state index < -0.39 is 9.84 Å². The van der Waals surface area contributed by atoms with E-state index in [2.05, 4.69) is 10.3 Å². The SMILES string of the molecule is CCCC(=O)Nc1ccc(N(C)C2CCS(=O)(=O)C2)nc1. The van der Waals surface area contributed by atoms with Crippen molar-refractivity contribution >= 4 is 27.2 Å². The highest BCUT2D eigenvalue weighted by molar-refractivity contribution is 7.91. The molecule has 1 amide bonds. The van der Waals surface area contributed by atoms with Gasteiger partial charge in [-0.15, -0.1) is 0 Å². The Bertz CT molecular complexity index is 598. The van der Waals surface area contributed by atoms with Gasteiger partial charge >= 0.3 is 0 Å². The first kappa shape index (κ1) is 15.8. The number of pyridine rings is 1. The van der Waals surface area contributed by atoms with Crippen molar-refractivity contribution in [1.29, 1.82) is 0 Å². The van der Waals surface area contributed by atoms with Crippen LogP contribution in [-0.2, 0) is 14.6 Å². The molecule has 1 aliphatic heterocycles. The first-order chi connectivity index (χ1) is 9.91. The maximum absolute atomic E-state index is 11.5. The fraction of sp³-hybridized carbons (Fsp3) is 0.571. The lowest BCUT2D eigenvalue weighted by molar-refractivity contribution is -0.116. The number of rotatable bonds is 5. The summed E-state index contributed by atoms with van der Waals surface area (Å²) in [5, 5.41) is 2.78. The van der Waals surface area contributed by atoms with E-state index in [1.807, 2.05) is 18.9 Å². The van der Waals surface area contributed by atoms with Crippen LogP contribution >= 0.6 is 0 Å². The molecule has 1 fully saturated rings. The smallest absolute Gasteiger partial charge is 0.224 e. The Labute approximate surface area is 125 Å². The predicted octanol–water partition coefficient (Wildman–Crippen LogP) is 1.44. The molecular formula is C14H21N3O3S. The summed E-state index contributed by atoms with van der Waals surface area (Å²) >= 11 is 0. The van der Waals surface area contributed by atoms with Crippen molar-refractivity contribution in [3.05, 3.63) is 18.3 Å². The van der Waals surface area contributed by atoms with E-state index in [1.165, 1.54) is 0 Å². The number of sulfone groups is 1. The van der Waals surface area contributed by atoms with E-state index in [-0.39, 0.29) is 23.5 Å². The van der Waals surface area contributed by atoms with Crippen molar-refractivity contribution in [1.82, 2.24) is 4.98 Å². The molecule has 2 rings (SSSR count). The van der Waals surface area contributed by atoms with Gasteiger partial charge < -0.3 is 10.2 Å². The van der Waals surface area contributed by atoms with Crippen LogP contribution in [-0.4, -0.2) is 43.9 Å². The Morgan fingerprint density at radius 2 is 2.24 bits per heavy atom. The zero-order valence-corrected chi connectivity index (χ0v) is 13.2. The second-order valence-corrected chi connectivity index (χ2v) is 7.60. The van der Waals surface area contributed by atoms with Crippen molar-refractivity contribution in [2.24, 2.45) is 0 Å². The molecular weight excluding hydrogens is 290 g/mol. The first-order valence-electron chi connectivity index (χ1n) is 7.10. The summed E-state index contributed by atoms with van der Waals surface area (Å²) < 4.78 is 23.0. The van der Waals surface area contributed by atoms with E-state index in [9.17, 15) is 13.2 Å². The standard InChI is InChI=1S/C14H21N3O3S/c1-3-4-14(18)16-11-5-6-13(15-9-11)17(2)12-7-8-21(19,20)10-12/h5-6,9,12H,3-4,7-8,10H2,1-2H3,(H,16,18). The quantitative estimate of drug-likeness (QED) is 0.890. The Morgan fingerprint density at radius 1 is 1.48 bits per heavy atom. The van der Waals surface area contributed by atoms with Gasteiger partial charge in [-0.25, -0.2) is 13.4 Å². The summed E-state index contributed by atoms with van der Waals surface area (Å²) in [6, 6.07) is 3.56. The number of nitrogens with zero attached hydrogens (tertiary/aromatic N) is 2. The molecule has 1 aliphatic rings. The number of nitrogens with one attached hydrogen (secondary N) is 1. The number of hydrogen-bond acceptors (Lipinski definition) is 5. The monoisotopic (exact) mass is 311 g/mol. The van der Waals surface area contributed by atoms with Crippen LogP contribution in [0.2, 0.25) is 0 Å². The summed E-state index contributed by atoms with van der Waals surface area (Å²) in [4.78, 5) is 17.7. The number of hydrogen-bond donors (Lipinski definition) is 1. The minimum atomic E-state index is -2.91. The van der Waals surface area contributed by atoms with Gasteiger partial charge in [-0.3, -0.25) is 4.79 Å². The predicted molar refractivity (Wildman–Crippen MR) is 83.2 cm³/mol. The van der Waals surface area contributed by atoms with Gasteiger partial charge in [0.05, 0.1) is 23.4 Å². The molecule has 7 heteroatoms. The largest absolute Gasteiger partial charge is 0.356 e. The molecule has 0 radical (unpaired) electrons. The molecule has 1 aromatic heterocycles. The lowest BCUT2D eigenvalue weighted by Gasteiger charge is -2.24. The number of aromatic nitrogens is 1. The number of carbonyl (C=O) groups is 1. The lowest BCUT2D eigenvalue weighted by atomic mass is 10.2. The highest BCUT2D eigenvalue weighted by atomic mass is 32.2. The topological polar surface area (TPSA) is 79.4 Å². The Balaban J connectivity index is 2.00. The fourth-order valence-corrected chi connectivity index (χ4v) is 4.16. The molecule has 0 aliphatic carbocycles. The summed E-state index contributed by atoms with van der Waals surface area (Å²) in [7, 11) is -1.05. The van der Waals surface area contributed by atoms with Crippen LogP contribution in [0.25, 0.3) is 0 Å². The molecule has 1 unspecified atom stereocenters. The second kappa shape index (κ2) is 6.43. The zero-order chi connectivity index (χ0) is 15.5. The van der Waals surface area contributed by atoms with Gasteiger partial charge in [0.1, 0.15) is 5.82 Å². The molecule has 6 nitrogen and oxygen atoms in total. The van der Waals surface area contributed by atoms with Crippen LogP contribution in [0.15, 0.2) is 18.3 Å². The third-order valence-corrected chi connectivity index (χ3v) is 5.38. The summed E-state index contributed by atoms with van der Waals surface area (Å²) in [6.45, 7) is 1.95. The van der Waals surface area contributed by atoms with Crippen LogP contribution < -0.4 is 10.2 Å². The second-order valence-electron chi connectivity index (χ2n) is 5.37. The van der Waals surface area contributed by atoms with Crippen molar-refractivity contribution in [2.75, 3.05) is 28.8 Å². The van der Waals surface area contributed by atoms with Crippen molar-refractivity contribution in [3.8, 4) is 0 Å². The van der Waals surface area contributed by atoms with E-state index in [0.717, 1.165) is 6.42 Å². The molecule has 1 saturated heterocycles. The van der Waals surface area contributed by atoms with Crippen molar-refractivity contribution < 1.29 is 13.2 Å². The van der Waals surface area contributed by atoms with Gasteiger partial charge in [-0.05, 0) is 25.0 Å². The molecule has 21 heavy (non-hydrogen) atoms. The van der Waals surface area contributed by atoms with E-state index in [0.29, 0.717) is 24.3 Å². The summed E-state index contributed by atoms with van der Waals surface area (Å²) in [5.74, 6) is 1.11. The van der Waals surface area contributed by atoms with Crippen LogP contribution in [0.4, 0.5) is 11.5 Å². The molecule has 0 aromatic carbocycles. The van der Waals surface area contributed by atoms with Crippen molar-refractivity contribution in [2.45, 2.75) is 32.2 Å². The van der Waals surface area contributed by atoms with Crippen molar-refractivity contribution in [3.63, 3.8) is 0 Å². The van der Waals surface area contributed by atoms with E-state index in [4.69, 9.17) is 0 Å². The van der Waals surface area contributed by atoms with Gasteiger partial charge in [0.2, 0.25) is 5.91 Å². The van der Waals surface area contributed by atoms with Gasteiger partial charge in [0.15, 0.2) is 9.84 Å². The highest BCUT2D eigenvalue weighted by Gasteiger charge is 2.31. The number of anilines is 2. The Kier molecular flexibility index (Phi) is 4.82. The van der Waals surface area contributed by atoms with Gasteiger partial charge in [-0.1, -0.05) is 6.92 Å².